The molecule has 94 valence electrons. The highest BCUT2D eigenvalue weighted by molar-refractivity contribution is 4.58. The lowest BCUT2D eigenvalue weighted by Gasteiger charge is -2.14. The van der Waals surface area contributed by atoms with Crippen LogP contribution in [-0.2, 0) is 0 Å². The molecule has 0 unspecified atom stereocenters. The molecule has 0 heterocycles. The monoisotopic (exact) mass is 214 g/mol. The summed E-state index contributed by atoms with van der Waals surface area (Å²) in [6.07, 6.45) is 9.61. The lowest BCUT2D eigenvalue weighted by Crippen LogP contribution is -2.01. The molecule has 0 N–H and O–H groups in total. The van der Waals surface area contributed by atoms with E-state index in [9.17, 15) is 0 Å². The average molecular weight is 214 g/mol. The number of rotatable bonds is 7. The summed E-state index contributed by atoms with van der Waals surface area (Å²) in [4.78, 5) is 0. The molecule has 0 saturated carbocycles. The maximum atomic E-state index is 2.39. The Morgan fingerprint density at radius 3 is 1.60 bits per heavy atom. The fraction of sp³-hybridized carbons (Fsp3) is 1.00. The van der Waals surface area contributed by atoms with Gasteiger partial charge in [-0.05, 0) is 18.3 Å². The number of hydrogen-bond acceptors (Lipinski definition) is 0. The normalized spacial score (nSPS) is 14.0. The summed E-state index contributed by atoms with van der Waals surface area (Å²) >= 11 is 0. The van der Waals surface area contributed by atoms with E-state index < -0.39 is 0 Å². The van der Waals surface area contributed by atoms with Crippen molar-refractivity contribution in [3.05, 3.63) is 0 Å². The maximum absolute atomic E-state index is 2.39. The highest BCUT2D eigenvalue weighted by Crippen LogP contribution is 2.19. The third kappa shape index (κ3) is 16.7. The van der Waals surface area contributed by atoms with Gasteiger partial charge in [-0.15, -0.1) is 0 Å². The zero-order valence-electron chi connectivity index (χ0n) is 12.1. The molecule has 0 radical (unpaired) electrons. The van der Waals surface area contributed by atoms with Crippen molar-refractivity contribution >= 4 is 0 Å². The van der Waals surface area contributed by atoms with E-state index in [4.69, 9.17) is 0 Å². The molecule has 0 spiro atoms. The second kappa shape index (κ2) is 14.0. The Hall–Kier alpha value is 0. The SMILES string of the molecule is CCCC.CCCC[C@H](C)C[C@@H](C)CC. The molecule has 15 heavy (non-hydrogen) atoms. The topological polar surface area (TPSA) is 0 Å². The van der Waals surface area contributed by atoms with Crippen LogP contribution in [0.25, 0.3) is 0 Å². The molecule has 0 nitrogen and oxygen atoms in total. The molecule has 0 saturated heterocycles. The van der Waals surface area contributed by atoms with Crippen LogP contribution >= 0.6 is 0 Å². The Kier molecular flexibility index (Phi) is 16.2. The summed E-state index contributed by atoms with van der Waals surface area (Å²) in [6.45, 7) is 13.7. The first kappa shape index (κ1) is 17.4. The molecule has 0 aromatic rings. The van der Waals surface area contributed by atoms with Crippen LogP contribution in [0.1, 0.15) is 86.5 Å². The second-order valence-electron chi connectivity index (χ2n) is 5.00. The third-order valence-corrected chi connectivity index (χ3v) is 3.05. The lowest BCUT2D eigenvalue weighted by atomic mass is 9.92. The van der Waals surface area contributed by atoms with Gasteiger partial charge in [-0.3, -0.25) is 0 Å². The highest BCUT2D eigenvalue weighted by Gasteiger charge is 2.05. The summed E-state index contributed by atoms with van der Waals surface area (Å²) in [7, 11) is 0. The zero-order chi connectivity index (χ0) is 12.1. The Bertz CT molecular complexity index is 94.2. The first-order valence-electron chi connectivity index (χ1n) is 7.12. The fourth-order valence-electron chi connectivity index (χ4n) is 1.52. The standard InChI is InChI=1S/C11H24.C4H10/c1-5-7-8-11(4)9-10(3)6-2;1-3-4-2/h10-11H,5-9H2,1-4H3;3-4H2,1-2H3/t10-,11-;/m0./s1. The Balaban J connectivity index is 0. The molecule has 0 amide bonds. The minimum Gasteiger partial charge on any atom is -0.0654 e. The van der Waals surface area contributed by atoms with Crippen molar-refractivity contribution in [3.8, 4) is 0 Å². The fourth-order valence-corrected chi connectivity index (χ4v) is 1.52. The van der Waals surface area contributed by atoms with Gasteiger partial charge in [0.25, 0.3) is 0 Å². The van der Waals surface area contributed by atoms with Crippen molar-refractivity contribution < 1.29 is 0 Å². The van der Waals surface area contributed by atoms with Crippen LogP contribution in [0.2, 0.25) is 0 Å². The van der Waals surface area contributed by atoms with Gasteiger partial charge in [-0.2, -0.15) is 0 Å². The van der Waals surface area contributed by atoms with Gasteiger partial charge in [0, 0.05) is 0 Å². The van der Waals surface area contributed by atoms with Gasteiger partial charge in [0.15, 0.2) is 0 Å². The van der Waals surface area contributed by atoms with Gasteiger partial charge < -0.3 is 0 Å². The van der Waals surface area contributed by atoms with Gasteiger partial charge in [-0.25, -0.2) is 0 Å². The number of hydrogen-bond donors (Lipinski definition) is 0. The molecular weight excluding hydrogens is 180 g/mol. The summed E-state index contributed by atoms with van der Waals surface area (Å²) in [5.41, 5.74) is 0. The molecule has 2 atom stereocenters. The van der Waals surface area contributed by atoms with Gasteiger partial charge in [-0.1, -0.05) is 80.1 Å². The van der Waals surface area contributed by atoms with E-state index in [2.05, 4.69) is 41.5 Å². The summed E-state index contributed by atoms with van der Waals surface area (Å²) in [5.74, 6) is 1.88. The Morgan fingerprint density at radius 1 is 0.733 bits per heavy atom. The first-order valence-corrected chi connectivity index (χ1v) is 7.12. The van der Waals surface area contributed by atoms with E-state index in [1.165, 1.54) is 44.9 Å². The van der Waals surface area contributed by atoms with Crippen LogP contribution < -0.4 is 0 Å². The molecule has 0 aliphatic rings. The van der Waals surface area contributed by atoms with Crippen LogP contribution in [0.4, 0.5) is 0 Å². The predicted molar refractivity (Wildman–Crippen MR) is 73.3 cm³/mol. The first-order chi connectivity index (χ1) is 7.12. The molecule has 0 heteroatoms. The minimum absolute atomic E-state index is 0.932. The van der Waals surface area contributed by atoms with E-state index in [1.54, 1.807) is 0 Å². The molecule has 0 aliphatic carbocycles. The van der Waals surface area contributed by atoms with Crippen molar-refractivity contribution in [2.24, 2.45) is 11.8 Å². The molecule has 0 fully saturated rings. The predicted octanol–water partition coefficient (Wildman–Crippen LogP) is 6.06. The number of unbranched alkanes of at least 4 members (excludes halogenated alkanes) is 2. The van der Waals surface area contributed by atoms with Crippen molar-refractivity contribution in [2.75, 3.05) is 0 Å². The third-order valence-electron chi connectivity index (χ3n) is 3.05. The van der Waals surface area contributed by atoms with Crippen LogP contribution in [0.5, 0.6) is 0 Å². The van der Waals surface area contributed by atoms with Crippen LogP contribution in [0, 0.1) is 11.8 Å². The van der Waals surface area contributed by atoms with Gasteiger partial charge in [0.2, 0.25) is 0 Å². The van der Waals surface area contributed by atoms with E-state index in [-0.39, 0.29) is 0 Å². The van der Waals surface area contributed by atoms with E-state index in [0.29, 0.717) is 0 Å². The highest BCUT2D eigenvalue weighted by atomic mass is 14.1. The zero-order valence-corrected chi connectivity index (χ0v) is 12.1. The van der Waals surface area contributed by atoms with Crippen molar-refractivity contribution in [2.45, 2.75) is 86.5 Å². The molecule has 0 rings (SSSR count). The Morgan fingerprint density at radius 2 is 1.27 bits per heavy atom. The lowest BCUT2D eigenvalue weighted by molar-refractivity contribution is 0.379. The minimum atomic E-state index is 0.932. The van der Waals surface area contributed by atoms with E-state index in [1.807, 2.05) is 0 Å². The largest absolute Gasteiger partial charge is 0.0654 e. The molecule has 0 aromatic carbocycles. The van der Waals surface area contributed by atoms with Crippen LogP contribution in [-0.4, -0.2) is 0 Å². The maximum Gasteiger partial charge on any atom is -0.0440 e. The van der Waals surface area contributed by atoms with Gasteiger partial charge in [0.05, 0.1) is 0 Å². The molecular formula is C15H34. The summed E-state index contributed by atoms with van der Waals surface area (Å²) in [6, 6.07) is 0. The van der Waals surface area contributed by atoms with Crippen molar-refractivity contribution in [3.63, 3.8) is 0 Å². The van der Waals surface area contributed by atoms with E-state index >= 15 is 0 Å². The quantitative estimate of drug-likeness (QED) is 0.483. The smallest absolute Gasteiger partial charge is 0.0440 e. The van der Waals surface area contributed by atoms with Crippen LogP contribution in [0.3, 0.4) is 0 Å². The second-order valence-corrected chi connectivity index (χ2v) is 5.00. The van der Waals surface area contributed by atoms with Crippen molar-refractivity contribution in [1.29, 1.82) is 0 Å². The molecule has 0 bridgehead atoms. The van der Waals surface area contributed by atoms with Gasteiger partial charge >= 0.3 is 0 Å². The average Bonchev–Trinajstić information content (AvgIpc) is 2.26. The van der Waals surface area contributed by atoms with Gasteiger partial charge in [0.1, 0.15) is 0 Å². The molecule has 0 aromatic heterocycles. The summed E-state index contributed by atoms with van der Waals surface area (Å²) in [5, 5.41) is 0. The summed E-state index contributed by atoms with van der Waals surface area (Å²) < 4.78 is 0. The molecule has 0 aliphatic heterocycles. The van der Waals surface area contributed by atoms with E-state index in [0.717, 1.165) is 11.8 Å². The van der Waals surface area contributed by atoms with Crippen LogP contribution in [0.15, 0.2) is 0 Å². The van der Waals surface area contributed by atoms with Crippen molar-refractivity contribution in [1.82, 2.24) is 0 Å². The Labute approximate surface area is 98.9 Å².